The molecule has 25 heavy (non-hydrogen) atoms. The van der Waals surface area contributed by atoms with Crippen LogP contribution in [0.1, 0.15) is 38.3 Å². The summed E-state index contributed by atoms with van der Waals surface area (Å²) in [5.41, 5.74) is 0.727. The lowest BCUT2D eigenvalue weighted by molar-refractivity contribution is -0.0830. The Morgan fingerprint density at radius 1 is 1.32 bits per heavy atom. The Morgan fingerprint density at radius 2 is 2.08 bits per heavy atom. The monoisotopic (exact) mass is 368 g/mol. The van der Waals surface area contributed by atoms with Gasteiger partial charge in [-0.15, -0.1) is 0 Å². The molecule has 2 saturated heterocycles. The van der Waals surface area contributed by atoms with Crippen LogP contribution < -0.4 is 4.72 Å². The van der Waals surface area contributed by atoms with E-state index in [9.17, 15) is 8.42 Å². The maximum atomic E-state index is 13.0. The van der Waals surface area contributed by atoms with E-state index in [4.69, 9.17) is 4.74 Å². The van der Waals surface area contributed by atoms with Gasteiger partial charge in [-0.2, -0.15) is 5.10 Å². The Hall–Kier alpha value is -0.960. The Balaban J connectivity index is 1.57. The molecule has 8 heteroatoms. The van der Waals surface area contributed by atoms with E-state index in [-0.39, 0.29) is 23.2 Å². The third-order valence-corrected chi connectivity index (χ3v) is 7.35. The van der Waals surface area contributed by atoms with Gasteiger partial charge >= 0.3 is 0 Å². The molecule has 0 unspecified atom stereocenters. The van der Waals surface area contributed by atoms with Crippen molar-refractivity contribution >= 4 is 10.0 Å². The molecule has 4 atom stereocenters. The van der Waals surface area contributed by atoms with Gasteiger partial charge in [0.2, 0.25) is 0 Å². The number of nitrogens with one attached hydrogen (secondary N) is 1. The molecule has 4 rings (SSSR count). The molecule has 3 fully saturated rings. The number of ether oxygens (including phenoxy) is 1. The van der Waals surface area contributed by atoms with Crippen LogP contribution in [-0.2, 0) is 21.3 Å². The van der Waals surface area contributed by atoms with E-state index in [0.717, 1.165) is 31.8 Å². The van der Waals surface area contributed by atoms with Crippen molar-refractivity contribution < 1.29 is 13.2 Å². The van der Waals surface area contributed by atoms with Gasteiger partial charge in [0.1, 0.15) is 0 Å². The SMILES string of the molecule is CCn1nc(C)cc1S(=O)(=O)N[C@H]1[C@H]2CCO[C@H]2[C@@H]1N1CCCCC1. The van der Waals surface area contributed by atoms with Crippen LogP contribution in [0.2, 0.25) is 0 Å². The topological polar surface area (TPSA) is 76.5 Å². The third kappa shape index (κ3) is 3.03. The molecule has 3 heterocycles. The fraction of sp³-hybridized carbons (Fsp3) is 0.824. The molecule has 1 aliphatic carbocycles. The number of fused-ring (bicyclic) bond motifs is 1. The number of nitrogens with zero attached hydrogens (tertiary/aromatic N) is 3. The van der Waals surface area contributed by atoms with Crippen molar-refractivity contribution in [2.45, 2.75) is 69.3 Å². The zero-order valence-corrected chi connectivity index (χ0v) is 15.8. The van der Waals surface area contributed by atoms with Crippen molar-refractivity contribution in [2.24, 2.45) is 5.92 Å². The van der Waals surface area contributed by atoms with E-state index in [1.807, 2.05) is 13.8 Å². The van der Waals surface area contributed by atoms with E-state index >= 15 is 0 Å². The van der Waals surface area contributed by atoms with E-state index in [0.29, 0.717) is 12.5 Å². The number of piperidine rings is 1. The van der Waals surface area contributed by atoms with Crippen molar-refractivity contribution in [1.82, 2.24) is 19.4 Å². The minimum atomic E-state index is -3.58. The Labute approximate surface area is 149 Å². The van der Waals surface area contributed by atoms with E-state index in [1.54, 1.807) is 10.7 Å². The van der Waals surface area contributed by atoms with Gasteiger partial charge in [-0.3, -0.25) is 9.58 Å². The van der Waals surface area contributed by atoms with Gasteiger partial charge in [0.05, 0.1) is 17.8 Å². The van der Waals surface area contributed by atoms with Crippen LogP contribution in [-0.4, -0.2) is 61.0 Å². The van der Waals surface area contributed by atoms with Crippen LogP contribution >= 0.6 is 0 Å². The number of sulfonamides is 1. The van der Waals surface area contributed by atoms with Crippen molar-refractivity contribution in [3.63, 3.8) is 0 Å². The Kier molecular flexibility index (Phi) is 4.64. The minimum absolute atomic E-state index is 0.0592. The van der Waals surface area contributed by atoms with Crippen molar-refractivity contribution in [3.8, 4) is 0 Å². The average molecular weight is 369 g/mol. The summed E-state index contributed by atoms with van der Waals surface area (Å²) in [4.78, 5) is 2.44. The maximum absolute atomic E-state index is 13.0. The molecule has 0 bridgehead atoms. The second-order valence-electron chi connectivity index (χ2n) is 7.46. The second-order valence-corrected chi connectivity index (χ2v) is 9.12. The summed E-state index contributed by atoms with van der Waals surface area (Å²) < 4.78 is 36.5. The number of hydrogen-bond acceptors (Lipinski definition) is 5. The fourth-order valence-electron chi connectivity index (χ4n) is 4.69. The zero-order valence-electron chi connectivity index (χ0n) is 15.0. The molecule has 1 saturated carbocycles. The maximum Gasteiger partial charge on any atom is 0.258 e. The number of rotatable bonds is 5. The lowest BCUT2D eigenvalue weighted by Crippen LogP contribution is -2.71. The van der Waals surface area contributed by atoms with Gasteiger partial charge in [0, 0.05) is 25.1 Å². The minimum Gasteiger partial charge on any atom is -0.376 e. The highest BCUT2D eigenvalue weighted by molar-refractivity contribution is 7.89. The highest BCUT2D eigenvalue weighted by Crippen LogP contribution is 2.43. The molecule has 0 spiro atoms. The fourth-order valence-corrected chi connectivity index (χ4v) is 6.25. The molecular weight excluding hydrogens is 340 g/mol. The number of likely N-dealkylation sites (tertiary alicyclic amines) is 1. The predicted octanol–water partition coefficient (Wildman–Crippen LogP) is 1.13. The van der Waals surface area contributed by atoms with Gasteiger partial charge in [0.25, 0.3) is 10.0 Å². The third-order valence-electron chi connectivity index (χ3n) is 5.89. The molecule has 1 aromatic rings. The summed E-state index contributed by atoms with van der Waals surface area (Å²) in [6, 6.07) is 1.76. The molecule has 2 aliphatic heterocycles. The highest BCUT2D eigenvalue weighted by atomic mass is 32.2. The van der Waals surface area contributed by atoms with Crippen LogP contribution in [0.3, 0.4) is 0 Å². The molecular formula is C17H28N4O3S. The van der Waals surface area contributed by atoms with Crippen LogP contribution in [0.4, 0.5) is 0 Å². The van der Waals surface area contributed by atoms with Gasteiger partial charge in [0.15, 0.2) is 5.03 Å². The standard InChI is InChI=1S/C17H28N4O3S/c1-3-21-14(11-12(2)18-21)25(22,23)19-15-13-7-10-24-17(13)16(15)20-8-5-4-6-9-20/h11,13,15-17,19H,3-10H2,1-2H3/t13-,15+,16-,17-/m1/s1. The first-order valence-electron chi connectivity index (χ1n) is 9.43. The number of aromatic nitrogens is 2. The molecule has 7 nitrogen and oxygen atoms in total. The Bertz CT molecular complexity index is 726. The lowest BCUT2D eigenvalue weighted by atomic mass is 9.71. The summed E-state index contributed by atoms with van der Waals surface area (Å²) in [5, 5.41) is 4.55. The lowest BCUT2D eigenvalue weighted by Gasteiger charge is -2.53. The van der Waals surface area contributed by atoms with E-state index in [1.165, 1.54) is 19.3 Å². The van der Waals surface area contributed by atoms with Gasteiger partial charge in [-0.25, -0.2) is 13.1 Å². The molecule has 0 amide bonds. The zero-order chi connectivity index (χ0) is 17.6. The van der Waals surface area contributed by atoms with Gasteiger partial charge < -0.3 is 4.74 Å². The largest absolute Gasteiger partial charge is 0.376 e. The number of aryl methyl sites for hydroxylation is 2. The van der Waals surface area contributed by atoms with Crippen molar-refractivity contribution in [1.29, 1.82) is 0 Å². The summed E-state index contributed by atoms with van der Waals surface area (Å²) in [6.45, 7) is 7.10. The highest BCUT2D eigenvalue weighted by Gasteiger charge is 2.57. The quantitative estimate of drug-likeness (QED) is 0.843. The summed E-state index contributed by atoms with van der Waals surface area (Å²) >= 11 is 0. The van der Waals surface area contributed by atoms with Crippen LogP contribution in [0, 0.1) is 12.8 Å². The molecule has 0 aromatic carbocycles. The Morgan fingerprint density at radius 3 is 2.80 bits per heavy atom. The van der Waals surface area contributed by atoms with Crippen LogP contribution in [0.15, 0.2) is 11.1 Å². The predicted molar refractivity (Wildman–Crippen MR) is 93.8 cm³/mol. The average Bonchev–Trinajstić information content (AvgIpc) is 3.18. The van der Waals surface area contributed by atoms with Crippen LogP contribution in [0.25, 0.3) is 0 Å². The molecule has 1 N–H and O–H groups in total. The molecule has 0 radical (unpaired) electrons. The summed E-state index contributed by atoms with van der Waals surface area (Å²) in [5.74, 6) is 0.292. The smallest absolute Gasteiger partial charge is 0.258 e. The summed E-state index contributed by atoms with van der Waals surface area (Å²) in [7, 11) is -3.58. The summed E-state index contributed by atoms with van der Waals surface area (Å²) in [6.07, 6.45) is 4.77. The second kappa shape index (κ2) is 6.64. The van der Waals surface area contributed by atoms with Gasteiger partial charge in [-0.1, -0.05) is 6.42 Å². The van der Waals surface area contributed by atoms with Gasteiger partial charge in [-0.05, 0) is 52.3 Å². The first kappa shape index (κ1) is 17.5. The first-order valence-corrected chi connectivity index (χ1v) is 10.9. The van der Waals surface area contributed by atoms with Crippen LogP contribution in [0.5, 0.6) is 0 Å². The van der Waals surface area contributed by atoms with Crippen molar-refractivity contribution in [2.75, 3.05) is 19.7 Å². The van der Waals surface area contributed by atoms with Crippen molar-refractivity contribution in [3.05, 3.63) is 11.8 Å². The molecule has 3 aliphatic rings. The van der Waals surface area contributed by atoms with E-state index < -0.39 is 10.0 Å². The first-order chi connectivity index (χ1) is 12.0. The number of hydrogen-bond donors (Lipinski definition) is 1. The molecule has 1 aromatic heterocycles. The van der Waals surface area contributed by atoms with E-state index in [2.05, 4.69) is 14.7 Å². The normalized spacial score (nSPS) is 33.2. The molecule has 140 valence electrons.